The van der Waals surface area contributed by atoms with E-state index in [-0.39, 0.29) is 11.5 Å². The molecule has 0 aliphatic heterocycles. The minimum Gasteiger partial charge on any atom is -0.370 e. The van der Waals surface area contributed by atoms with Gasteiger partial charge in [-0.1, -0.05) is 25.4 Å². The molecule has 0 amide bonds. The van der Waals surface area contributed by atoms with Crippen LogP contribution in [0.25, 0.3) is 0 Å². The molecule has 1 fully saturated rings. The van der Waals surface area contributed by atoms with Crippen LogP contribution in [-0.2, 0) is 10.3 Å². The van der Waals surface area contributed by atoms with Gasteiger partial charge in [0.2, 0.25) is 11.7 Å². The molecule has 1 aromatic heterocycles. The number of nitrogens with two attached hydrogens (primary N) is 1. The average molecular weight is 281 g/mol. The molecule has 5 nitrogen and oxygen atoms in total. The predicted molar refractivity (Wildman–Crippen MR) is 77.3 cm³/mol. The van der Waals surface area contributed by atoms with Crippen LogP contribution in [-0.4, -0.2) is 23.8 Å². The number of rotatable bonds is 6. The van der Waals surface area contributed by atoms with Crippen LogP contribution in [0.1, 0.15) is 70.0 Å². The zero-order valence-electron chi connectivity index (χ0n) is 12.9. The quantitative estimate of drug-likeness (QED) is 0.867. The Labute approximate surface area is 121 Å². The van der Waals surface area contributed by atoms with Crippen molar-refractivity contribution >= 4 is 0 Å². The largest absolute Gasteiger partial charge is 0.370 e. The normalized spacial score (nSPS) is 28.5. The molecule has 2 N–H and O–H groups in total. The van der Waals surface area contributed by atoms with Crippen molar-refractivity contribution in [1.82, 2.24) is 10.1 Å². The summed E-state index contributed by atoms with van der Waals surface area (Å²) in [4.78, 5) is 4.61. The van der Waals surface area contributed by atoms with Gasteiger partial charge in [-0.3, -0.25) is 0 Å². The molecule has 1 unspecified atom stereocenters. The second kappa shape index (κ2) is 6.68. The first-order valence-corrected chi connectivity index (χ1v) is 7.74. The number of hydrogen-bond donors (Lipinski definition) is 1. The van der Waals surface area contributed by atoms with Crippen molar-refractivity contribution in [3.63, 3.8) is 0 Å². The molecule has 20 heavy (non-hydrogen) atoms. The highest BCUT2D eigenvalue weighted by atomic mass is 16.5. The van der Waals surface area contributed by atoms with Gasteiger partial charge in [0.05, 0.1) is 5.92 Å². The Morgan fingerprint density at radius 2 is 2.15 bits per heavy atom. The van der Waals surface area contributed by atoms with Crippen molar-refractivity contribution in [2.24, 2.45) is 11.7 Å². The van der Waals surface area contributed by atoms with Gasteiger partial charge in [-0.05, 0) is 38.0 Å². The highest BCUT2D eigenvalue weighted by molar-refractivity contribution is 5.06. The van der Waals surface area contributed by atoms with Gasteiger partial charge >= 0.3 is 0 Å². The van der Waals surface area contributed by atoms with Gasteiger partial charge in [-0.25, -0.2) is 0 Å². The minimum atomic E-state index is -0.361. The van der Waals surface area contributed by atoms with E-state index in [4.69, 9.17) is 15.0 Å². The fourth-order valence-corrected chi connectivity index (χ4v) is 3.02. The Balaban J connectivity index is 2.17. The predicted octanol–water partition coefficient (Wildman–Crippen LogP) is 2.96. The molecule has 114 valence electrons. The first-order chi connectivity index (χ1) is 9.65. The van der Waals surface area contributed by atoms with Crippen molar-refractivity contribution in [3.05, 3.63) is 11.7 Å². The van der Waals surface area contributed by atoms with E-state index < -0.39 is 0 Å². The molecule has 1 aliphatic carbocycles. The van der Waals surface area contributed by atoms with Crippen LogP contribution in [0.5, 0.6) is 0 Å². The van der Waals surface area contributed by atoms with E-state index in [0.717, 1.165) is 44.4 Å². The fourth-order valence-electron chi connectivity index (χ4n) is 3.02. The summed E-state index contributed by atoms with van der Waals surface area (Å²) in [6.45, 7) is 4.97. The summed E-state index contributed by atoms with van der Waals surface area (Å²) < 4.78 is 11.2. The summed E-state index contributed by atoms with van der Waals surface area (Å²) in [6, 6.07) is 0. The van der Waals surface area contributed by atoms with Gasteiger partial charge in [0, 0.05) is 13.7 Å². The number of nitrogens with zero attached hydrogens (tertiary/aromatic N) is 2. The standard InChI is InChI=1S/C15H27N3O2/c1-4-5-12(10-16)13-17-14(18-20-13)15(19-3)8-6-11(2)7-9-15/h11-12H,4-10,16H2,1-3H3. The molecule has 1 atom stereocenters. The van der Waals surface area contributed by atoms with Crippen molar-refractivity contribution < 1.29 is 9.26 Å². The summed E-state index contributed by atoms with van der Waals surface area (Å²) >= 11 is 0. The molecule has 0 saturated heterocycles. The molecule has 0 spiro atoms. The van der Waals surface area contributed by atoms with Gasteiger partial charge in [0.25, 0.3) is 0 Å². The summed E-state index contributed by atoms with van der Waals surface area (Å²) in [7, 11) is 1.75. The van der Waals surface area contributed by atoms with E-state index in [1.54, 1.807) is 7.11 Å². The summed E-state index contributed by atoms with van der Waals surface area (Å²) in [5, 5.41) is 4.19. The maximum atomic E-state index is 5.80. The lowest BCUT2D eigenvalue weighted by molar-refractivity contribution is -0.0609. The Morgan fingerprint density at radius 3 is 2.70 bits per heavy atom. The summed E-state index contributed by atoms with van der Waals surface area (Å²) in [6.07, 6.45) is 6.26. The molecular formula is C15H27N3O2. The first kappa shape index (κ1) is 15.4. The highest BCUT2D eigenvalue weighted by Gasteiger charge is 2.40. The Hall–Kier alpha value is -0.940. The molecule has 1 aliphatic rings. The maximum Gasteiger partial charge on any atom is 0.231 e. The average Bonchev–Trinajstić information content (AvgIpc) is 2.96. The molecule has 0 radical (unpaired) electrons. The van der Waals surface area contributed by atoms with Crippen LogP contribution in [0, 0.1) is 5.92 Å². The molecule has 2 rings (SSSR count). The summed E-state index contributed by atoms with van der Waals surface area (Å²) in [5.41, 5.74) is 5.44. The molecule has 0 bridgehead atoms. The number of methoxy groups -OCH3 is 1. The number of hydrogen-bond acceptors (Lipinski definition) is 5. The minimum absolute atomic E-state index is 0.165. The molecule has 1 aromatic rings. The lowest BCUT2D eigenvalue weighted by Crippen LogP contribution is -2.34. The Morgan fingerprint density at radius 1 is 1.45 bits per heavy atom. The van der Waals surface area contributed by atoms with E-state index in [9.17, 15) is 0 Å². The number of aromatic nitrogens is 2. The third kappa shape index (κ3) is 3.04. The van der Waals surface area contributed by atoms with Gasteiger partial charge in [-0.15, -0.1) is 0 Å². The zero-order valence-corrected chi connectivity index (χ0v) is 12.9. The van der Waals surface area contributed by atoms with E-state index in [1.165, 1.54) is 0 Å². The SMILES string of the molecule is CCCC(CN)c1nc(C2(OC)CCC(C)CC2)no1. The number of ether oxygens (including phenoxy) is 1. The molecular weight excluding hydrogens is 254 g/mol. The molecule has 5 heteroatoms. The first-order valence-electron chi connectivity index (χ1n) is 7.74. The van der Waals surface area contributed by atoms with Gasteiger partial charge in [-0.2, -0.15) is 4.98 Å². The second-order valence-electron chi connectivity index (χ2n) is 6.06. The Bertz CT molecular complexity index is 411. The molecule has 1 heterocycles. The van der Waals surface area contributed by atoms with Gasteiger partial charge in [0.15, 0.2) is 0 Å². The Kier molecular flexibility index (Phi) is 5.16. The maximum absolute atomic E-state index is 5.80. The lowest BCUT2D eigenvalue weighted by Gasteiger charge is -2.35. The third-order valence-corrected chi connectivity index (χ3v) is 4.59. The zero-order chi connectivity index (χ0) is 14.6. The van der Waals surface area contributed by atoms with Gasteiger partial charge < -0.3 is 15.0 Å². The van der Waals surface area contributed by atoms with Crippen LogP contribution in [0.3, 0.4) is 0 Å². The fraction of sp³-hybridized carbons (Fsp3) is 0.867. The van der Waals surface area contributed by atoms with Crippen LogP contribution >= 0.6 is 0 Å². The van der Waals surface area contributed by atoms with Crippen LogP contribution in [0.2, 0.25) is 0 Å². The van der Waals surface area contributed by atoms with Crippen LogP contribution in [0.15, 0.2) is 4.52 Å². The highest BCUT2D eigenvalue weighted by Crippen LogP contribution is 2.41. The van der Waals surface area contributed by atoms with Crippen molar-refractivity contribution in [2.75, 3.05) is 13.7 Å². The van der Waals surface area contributed by atoms with E-state index in [1.807, 2.05) is 0 Å². The lowest BCUT2D eigenvalue weighted by atomic mass is 9.79. The smallest absolute Gasteiger partial charge is 0.231 e. The van der Waals surface area contributed by atoms with Crippen LogP contribution < -0.4 is 5.73 Å². The molecule has 1 saturated carbocycles. The topological polar surface area (TPSA) is 74.2 Å². The van der Waals surface area contributed by atoms with E-state index >= 15 is 0 Å². The second-order valence-corrected chi connectivity index (χ2v) is 6.06. The van der Waals surface area contributed by atoms with Crippen molar-refractivity contribution in [1.29, 1.82) is 0 Å². The monoisotopic (exact) mass is 281 g/mol. The van der Waals surface area contributed by atoms with Crippen molar-refractivity contribution in [2.45, 2.75) is 63.9 Å². The van der Waals surface area contributed by atoms with Crippen molar-refractivity contribution in [3.8, 4) is 0 Å². The van der Waals surface area contributed by atoms with E-state index in [2.05, 4.69) is 24.0 Å². The van der Waals surface area contributed by atoms with E-state index in [0.29, 0.717) is 18.3 Å². The van der Waals surface area contributed by atoms with Gasteiger partial charge in [0.1, 0.15) is 5.60 Å². The molecule has 0 aromatic carbocycles. The third-order valence-electron chi connectivity index (χ3n) is 4.59. The summed E-state index contributed by atoms with van der Waals surface area (Å²) in [5.74, 6) is 2.29. The van der Waals surface area contributed by atoms with Crippen LogP contribution in [0.4, 0.5) is 0 Å².